The second-order valence-corrected chi connectivity index (χ2v) is 6.61. The summed E-state index contributed by atoms with van der Waals surface area (Å²) in [6, 6.07) is 7.67. The summed E-state index contributed by atoms with van der Waals surface area (Å²) in [7, 11) is 3.39. The van der Waals surface area contributed by atoms with Crippen molar-refractivity contribution < 1.29 is 4.74 Å². The molecule has 27 heavy (non-hydrogen) atoms. The van der Waals surface area contributed by atoms with Gasteiger partial charge in [0, 0.05) is 51.2 Å². The SMILES string of the molecule is COc1ncnc2ccc(N3CCN(Cc4nccc(=O)n4C)CC3)cc12. The van der Waals surface area contributed by atoms with Crippen LogP contribution in [-0.2, 0) is 13.6 Å². The number of benzene rings is 1. The van der Waals surface area contributed by atoms with Gasteiger partial charge in [-0.05, 0) is 18.2 Å². The lowest BCUT2D eigenvalue weighted by molar-refractivity contribution is 0.240. The van der Waals surface area contributed by atoms with Crippen LogP contribution in [0.15, 0.2) is 41.6 Å². The van der Waals surface area contributed by atoms with Gasteiger partial charge in [-0.25, -0.2) is 15.0 Å². The molecule has 1 fully saturated rings. The van der Waals surface area contributed by atoms with Crippen LogP contribution in [0, 0.1) is 0 Å². The van der Waals surface area contributed by atoms with Crippen LogP contribution >= 0.6 is 0 Å². The maximum absolute atomic E-state index is 11.8. The number of fused-ring (bicyclic) bond motifs is 1. The number of methoxy groups -OCH3 is 1. The highest BCUT2D eigenvalue weighted by Crippen LogP contribution is 2.27. The van der Waals surface area contributed by atoms with Gasteiger partial charge in [-0.1, -0.05) is 0 Å². The van der Waals surface area contributed by atoms with E-state index in [1.165, 1.54) is 12.4 Å². The van der Waals surface area contributed by atoms with E-state index in [0.29, 0.717) is 12.4 Å². The number of hydrogen-bond acceptors (Lipinski definition) is 7. The lowest BCUT2D eigenvalue weighted by Crippen LogP contribution is -2.46. The van der Waals surface area contributed by atoms with E-state index in [4.69, 9.17) is 4.74 Å². The minimum Gasteiger partial charge on any atom is -0.480 e. The lowest BCUT2D eigenvalue weighted by atomic mass is 10.2. The van der Waals surface area contributed by atoms with Crippen LogP contribution in [0.1, 0.15) is 5.82 Å². The molecule has 2 aromatic heterocycles. The molecule has 0 aliphatic carbocycles. The molecule has 1 saturated heterocycles. The Hall–Kier alpha value is -3.00. The minimum absolute atomic E-state index is 0.0223. The number of ether oxygens (including phenoxy) is 1. The van der Waals surface area contributed by atoms with Gasteiger partial charge in [0.25, 0.3) is 5.56 Å². The summed E-state index contributed by atoms with van der Waals surface area (Å²) < 4.78 is 6.97. The maximum atomic E-state index is 11.8. The fourth-order valence-corrected chi connectivity index (χ4v) is 3.40. The third-order valence-electron chi connectivity index (χ3n) is 5.04. The van der Waals surface area contributed by atoms with Crippen LogP contribution in [0.25, 0.3) is 10.9 Å². The number of rotatable bonds is 4. The summed E-state index contributed by atoms with van der Waals surface area (Å²) >= 11 is 0. The maximum Gasteiger partial charge on any atom is 0.253 e. The average molecular weight is 366 g/mol. The molecule has 0 atom stereocenters. The van der Waals surface area contributed by atoms with E-state index < -0.39 is 0 Å². The van der Waals surface area contributed by atoms with Crippen LogP contribution in [0.5, 0.6) is 5.88 Å². The molecule has 0 N–H and O–H groups in total. The highest BCUT2D eigenvalue weighted by molar-refractivity contribution is 5.86. The summed E-state index contributed by atoms with van der Waals surface area (Å²) in [5.74, 6) is 1.39. The quantitative estimate of drug-likeness (QED) is 0.683. The predicted molar refractivity (Wildman–Crippen MR) is 103 cm³/mol. The van der Waals surface area contributed by atoms with Crippen molar-refractivity contribution in [3.8, 4) is 5.88 Å². The fraction of sp³-hybridized carbons (Fsp3) is 0.368. The van der Waals surface area contributed by atoms with Crippen molar-refractivity contribution >= 4 is 16.6 Å². The molecule has 1 aliphatic heterocycles. The van der Waals surface area contributed by atoms with Gasteiger partial charge in [0.05, 0.1) is 24.6 Å². The standard InChI is InChI=1S/C19H22N6O2/c1-23-17(20-6-5-18(23)26)12-24-7-9-25(10-8-24)14-3-4-16-15(11-14)19(27-2)22-13-21-16/h3-6,11,13H,7-10,12H2,1-2H3. The van der Waals surface area contributed by atoms with Gasteiger partial charge in [-0.15, -0.1) is 0 Å². The molecular formula is C19H22N6O2. The molecule has 0 amide bonds. The lowest BCUT2D eigenvalue weighted by Gasteiger charge is -2.36. The molecule has 140 valence electrons. The Labute approximate surface area is 157 Å². The predicted octanol–water partition coefficient (Wildman–Crippen LogP) is 1.05. The van der Waals surface area contributed by atoms with Crippen molar-refractivity contribution in [3.05, 3.63) is 53.0 Å². The van der Waals surface area contributed by atoms with Crippen molar-refractivity contribution in [1.29, 1.82) is 0 Å². The molecule has 8 nitrogen and oxygen atoms in total. The van der Waals surface area contributed by atoms with Gasteiger partial charge in [-0.2, -0.15) is 0 Å². The highest BCUT2D eigenvalue weighted by Gasteiger charge is 2.19. The molecule has 0 bridgehead atoms. The zero-order valence-corrected chi connectivity index (χ0v) is 15.5. The monoisotopic (exact) mass is 366 g/mol. The summed E-state index contributed by atoms with van der Waals surface area (Å²) in [5.41, 5.74) is 1.99. The topological polar surface area (TPSA) is 76.4 Å². The molecule has 0 spiro atoms. The number of nitrogens with zero attached hydrogens (tertiary/aromatic N) is 6. The zero-order valence-electron chi connectivity index (χ0n) is 15.5. The first-order valence-electron chi connectivity index (χ1n) is 8.92. The molecule has 0 radical (unpaired) electrons. The Morgan fingerprint density at radius 1 is 1.07 bits per heavy atom. The molecule has 0 unspecified atom stereocenters. The van der Waals surface area contributed by atoms with E-state index in [0.717, 1.165) is 48.6 Å². The Bertz CT molecular complexity index is 1010. The third kappa shape index (κ3) is 3.48. The average Bonchev–Trinajstić information content (AvgIpc) is 2.71. The summed E-state index contributed by atoms with van der Waals surface area (Å²) in [4.78, 5) is 29.3. The van der Waals surface area contributed by atoms with Crippen molar-refractivity contribution in [2.75, 3.05) is 38.2 Å². The number of hydrogen-bond donors (Lipinski definition) is 0. The molecule has 0 saturated carbocycles. The van der Waals surface area contributed by atoms with E-state index in [9.17, 15) is 4.79 Å². The minimum atomic E-state index is -0.0223. The van der Waals surface area contributed by atoms with E-state index in [1.807, 2.05) is 6.07 Å². The first-order chi connectivity index (χ1) is 13.2. The van der Waals surface area contributed by atoms with Gasteiger partial charge in [0.2, 0.25) is 5.88 Å². The molecule has 3 heterocycles. The molecule has 4 rings (SSSR count). The second-order valence-electron chi connectivity index (χ2n) is 6.61. The van der Waals surface area contributed by atoms with E-state index in [1.54, 1.807) is 24.9 Å². The van der Waals surface area contributed by atoms with Gasteiger partial charge >= 0.3 is 0 Å². The van der Waals surface area contributed by atoms with Crippen LogP contribution in [-0.4, -0.2) is 57.7 Å². The van der Waals surface area contributed by atoms with Crippen molar-refractivity contribution in [1.82, 2.24) is 24.4 Å². The van der Waals surface area contributed by atoms with Crippen molar-refractivity contribution in [3.63, 3.8) is 0 Å². The smallest absolute Gasteiger partial charge is 0.253 e. The molecule has 1 aromatic carbocycles. The Morgan fingerprint density at radius 2 is 1.89 bits per heavy atom. The van der Waals surface area contributed by atoms with Crippen LogP contribution < -0.4 is 15.2 Å². The second kappa shape index (κ2) is 7.32. The van der Waals surface area contributed by atoms with Crippen LogP contribution in [0.4, 0.5) is 5.69 Å². The first kappa shape index (κ1) is 17.4. The zero-order chi connectivity index (χ0) is 18.8. The molecule has 1 aliphatic rings. The fourth-order valence-electron chi connectivity index (χ4n) is 3.40. The highest BCUT2D eigenvalue weighted by atomic mass is 16.5. The first-order valence-corrected chi connectivity index (χ1v) is 8.92. The van der Waals surface area contributed by atoms with Gasteiger partial charge < -0.3 is 9.64 Å². The van der Waals surface area contributed by atoms with E-state index in [2.05, 4.69) is 36.9 Å². The summed E-state index contributed by atoms with van der Waals surface area (Å²) in [6.45, 7) is 4.31. The van der Waals surface area contributed by atoms with E-state index in [-0.39, 0.29) is 5.56 Å². The van der Waals surface area contributed by atoms with Crippen molar-refractivity contribution in [2.45, 2.75) is 6.54 Å². The number of piperazine rings is 1. The Kier molecular flexibility index (Phi) is 4.72. The third-order valence-corrected chi connectivity index (χ3v) is 5.04. The van der Waals surface area contributed by atoms with Gasteiger partial charge in [0.15, 0.2) is 0 Å². The Morgan fingerprint density at radius 3 is 2.67 bits per heavy atom. The Balaban J connectivity index is 1.47. The van der Waals surface area contributed by atoms with Gasteiger partial charge in [0.1, 0.15) is 12.2 Å². The van der Waals surface area contributed by atoms with Crippen molar-refractivity contribution in [2.24, 2.45) is 7.05 Å². The number of aromatic nitrogens is 4. The molecule has 3 aromatic rings. The van der Waals surface area contributed by atoms with E-state index >= 15 is 0 Å². The normalized spacial score (nSPS) is 15.3. The summed E-state index contributed by atoms with van der Waals surface area (Å²) in [6.07, 6.45) is 3.10. The largest absolute Gasteiger partial charge is 0.480 e. The van der Waals surface area contributed by atoms with Gasteiger partial charge in [-0.3, -0.25) is 14.3 Å². The molecular weight excluding hydrogens is 344 g/mol. The van der Waals surface area contributed by atoms with Crippen LogP contribution in [0.2, 0.25) is 0 Å². The summed E-state index contributed by atoms with van der Waals surface area (Å²) in [5, 5.41) is 0.920. The number of anilines is 1. The van der Waals surface area contributed by atoms with Crippen LogP contribution in [0.3, 0.4) is 0 Å². The molecule has 8 heteroatoms.